The van der Waals surface area contributed by atoms with Crippen molar-refractivity contribution in [1.29, 1.82) is 0 Å². The Morgan fingerprint density at radius 3 is 2.38 bits per heavy atom. The lowest BCUT2D eigenvalue weighted by Crippen LogP contribution is -2.44. The Morgan fingerprint density at radius 1 is 1.21 bits per heavy atom. The first-order chi connectivity index (χ1) is 11.5. The van der Waals surface area contributed by atoms with Crippen molar-refractivity contribution in [1.82, 2.24) is 4.90 Å². The number of halogens is 1. The molecule has 0 N–H and O–H groups in total. The summed E-state index contributed by atoms with van der Waals surface area (Å²) in [6, 6.07) is 6.84. The van der Waals surface area contributed by atoms with Crippen LogP contribution in [0.2, 0.25) is 5.02 Å². The quantitative estimate of drug-likeness (QED) is 0.625. The van der Waals surface area contributed by atoms with Crippen LogP contribution in [0.25, 0.3) is 0 Å². The van der Waals surface area contributed by atoms with Gasteiger partial charge in [-0.1, -0.05) is 29.8 Å². The Labute approximate surface area is 144 Å². The molecule has 1 aromatic carbocycles. The first-order valence-corrected chi connectivity index (χ1v) is 8.42. The Morgan fingerprint density at radius 2 is 1.83 bits per heavy atom. The van der Waals surface area contributed by atoms with Crippen LogP contribution >= 0.6 is 11.6 Å². The van der Waals surface area contributed by atoms with Crippen molar-refractivity contribution in [2.75, 3.05) is 11.6 Å². The second-order valence-corrected chi connectivity index (χ2v) is 7.11. The third kappa shape index (κ3) is 2.18. The largest absolute Gasteiger partial charge is 0.294 e. The summed E-state index contributed by atoms with van der Waals surface area (Å²) in [7, 11) is 0. The lowest BCUT2D eigenvalue weighted by molar-refractivity contribution is -0.140. The highest BCUT2D eigenvalue weighted by Crippen LogP contribution is 2.52. The number of rotatable bonds is 3. The topological polar surface area (TPSA) is 57.7 Å². The van der Waals surface area contributed by atoms with E-state index in [-0.39, 0.29) is 48.1 Å². The molecule has 3 aliphatic rings. The minimum absolute atomic E-state index is 0.0558. The van der Waals surface area contributed by atoms with Crippen LogP contribution in [0.5, 0.6) is 0 Å². The minimum atomic E-state index is -0.249. The van der Waals surface area contributed by atoms with E-state index in [1.807, 2.05) is 0 Å². The van der Waals surface area contributed by atoms with Gasteiger partial charge in [0.25, 0.3) is 0 Å². The number of benzene rings is 1. The molecule has 1 saturated heterocycles. The van der Waals surface area contributed by atoms with Crippen molar-refractivity contribution in [2.24, 2.45) is 23.7 Å². The van der Waals surface area contributed by atoms with Gasteiger partial charge in [0.15, 0.2) is 0 Å². The molecular formula is C18H17ClN2O3. The molecule has 3 amide bonds. The van der Waals surface area contributed by atoms with Gasteiger partial charge in [-0.25, -0.2) is 0 Å². The van der Waals surface area contributed by atoms with E-state index in [4.69, 9.17) is 11.6 Å². The highest BCUT2D eigenvalue weighted by atomic mass is 35.5. The van der Waals surface area contributed by atoms with E-state index < -0.39 is 0 Å². The fraction of sp³-hybridized carbons (Fsp3) is 0.389. The summed E-state index contributed by atoms with van der Waals surface area (Å²) in [6.07, 6.45) is 5.01. The van der Waals surface area contributed by atoms with Crippen molar-refractivity contribution < 1.29 is 14.4 Å². The molecule has 1 aromatic rings. The fourth-order valence-corrected chi connectivity index (χ4v) is 4.44. The zero-order chi connectivity index (χ0) is 17.0. The molecule has 4 atom stereocenters. The van der Waals surface area contributed by atoms with Crippen LogP contribution in [0.4, 0.5) is 5.69 Å². The Kier molecular flexibility index (Phi) is 3.49. The highest BCUT2D eigenvalue weighted by molar-refractivity contribution is 6.30. The molecule has 1 aliphatic heterocycles. The molecule has 2 aliphatic carbocycles. The van der Waals surface area contributed by atoms with Gasteiger partial charge in [-0.15, -0.1) is 0 Å². The van der Waals surface area contributed by atoms with Gasteiger partial charge in [0.1, 0.15) is 6.67 Å². The number of hydrogen-bond donors (Lipinski definition) is 0. The fourth-order valence-electron chi connectivity index (χ4n) is 4.25. The number of carbonyl (C=O) groups is 3. The third-order valence-electron chi connectivity index (χ3n) is 5.34. The summed E-state index contributed by atoms with van der Waals surface area (Å²) in [4.78, 5) is 40.2. The second-order valence-electron chi connectivity index (χ2n) is 6.67. The zero-order valence-corrected chi connectivity index (χ0v) is 13.9. The van der Waals surface area contributed by atoms with Crippen LogP contribution in [0, 0.1) is 23.7 Å². The maximum absolute atomic E-state index is 12.8. The zero-order valence-electron chi connectivity index (χ0n) is 13.2. The second kappa shape index (κ2) is 5.45. The van der Waals surface area contributed by atoms with Gasteiger partial charge in [0, 0.05) is 17.6 Å². The molecule has 1 saturated carbocycles. The van der Waals surface area contributed by atoms with E-state index in [0.717, 1.165) is 6.42 Å². The summed E-state index contributed by atoms with van der Waals surface area (Å²) in [5, 5.41) is 0.497. The summed E-state index contributed by atoms with van der Waals surface area (Å²) in [5.74, 6) is -0.723. The summed E-state index contributed by atoms with van der Waals surface area (Å²) >= 11 is 6.00. The standard InChI is InChI=1S/C18H17ClN2O3/c1-10(22)20(14-4-2-3-13(19)8-14)9-21-17(23)15-11-5-6-12(7-11)16(15)18(21)24/h2-6,8,11-12,15-16H,7,9H2,1H3/t11-,12-,15-,16-/m0/s1. The maximum atomic E-state index is 12.8. The number of nitrogens with zero attached hydrogens (tertiary/aromatic N) is 2. The van der Waals surface area contributed by atoms with Crippen LogP contribution < -0.4 is 4.90 Å². The number of imide groups is 1. The first-order valence-electron chi connectivity index (χ1n) is 8.04. The van der Waals surface area contributed by atoms with Gasteiger partial charge >= 0.3 is 0 Å². The normalized spacial score (nSPS) is 30.2. The number of fused-ring (bicyclic) bond motifs is 5. The Bertz CT molecular complexity index is 745. The third-order valence-corrected chi connectivity index (χ3v) is 5.58. The molecule has 0 unspecified atom stereocenters. The molecule has 0 radical (unpaired) electrons. The average molecular weight is 345 g/mol. The predicted octanol–water partition coefficient (Wildman–Crippen LogP) is 2.46. The van der Waals surface area contributed by atoms with Gasteiger partial charge in [0.2, 0.25) is 17.7 Å². The van der Waals surface area contributed by atoms with Crippen molar-refractivity contribution in [3.63, 3.8) is 0 Å². The SMILES string of the molecule is CC(=O)N(CN1C(=O)[C@@H]2[C@@H](C1=O)[C@H]1C=C[C@H]2C1)c1cccc(Cl)c1. The van der Waals surface area contributed by atoms with Gasteiger partial charge in [-0.3, -0.25) is 24.2 Å². The monoisotopic (exact) mass is 344 g/mol. The highest BCUT2D eigenvalue weighted by Gasteiger charge is 2.59. The van der Waals surface area contributed by atoms with E-state index in [1.165, 1.54) is 16.7 Å². The molecular weight excluding hydrogens is 328 g/mol. The molecule has 2 fully saturated rings. The summed E-state index contributed by atoms with van der Waals surface area (Å²) in [6.45, 7) is 1.36. The van der Waals surface area contributed by atoms with Crippen LogP contribution in [-0.4, -0.2) is 29.3 Å². The maximum Gasteiger partial charge on any atom is 0.235 e. The van der Waals surface area contributed by atoms with Crippen LogP contribution in [0.15, 0.2) is 36.4 Å². The van der Waals surface area contributed by atoms with E-state index in [0.29, 0.717) is 10.7 Å². The van der Waals surface area contributed by atoms with E-state index >= 15 is 0 Å². The lowest BCUT2D eigenvalue weighted by Gasteiger charge is -2.27. The van der Waals surface area contributed by atoms with Gasteiger partial charge < -0.3 is 0 Å². The Hall–Kier alpha value is -2.14. The van der Waals surface area contributed by atoms with Gasteiger partial charge in [-0.05, 0) is 36.5 Å². The molecule has 4 rings (SSSR count). The lowest BCUT2D eigenvalue weighted by atomic mass is 9.85. The number of amides is 3. The van der Waals surface area contributed by atoms with Crippen molar-refractivity contribution >= 4 is 35.0 Å². The van der Waals surface area contributed by atoms with E-state index in [2.05, 4.69) is 12.2 Å². The molecule has 5 nitrogen and oxygen atoms in total. The van der Waals surface area contributed by atoms with E-state index in [1.54, 1.807) is 24.3 Å². The first kappa shape index (κ1) is 15.4. The predicted molar refractivity (Wildman–Crippen MR) is 89.0 cm³/mol. The molecule has 1 heterocycles. The molecule has 6 heteroatoms. The van der Waals surface area contributed by atoms with Crippen molar-refractivity contribution in [2.45, 2.75) is 13.3 Å². The molecule has 0 spiro atoms. The number of hydrogen-bond acceptors (Lipinski definition) is 3. The van der Waals surface area contributed by atoms with E-state index in [9.17, 15) is 14.4 Å². The van der Waals surface area contributed by atoms with Crippen molar-refractivity contribution in [3.8, 4) is 0 Å². The smallest absolute Gasteiger partial charge is 0.235 e. The number of anilines is 1. The Balaban J connectivity index is 1.61. The van der Waals surface area contributed by atoms with Gasteiger partial charge in [-0.2, -0.15) is 0 Å². The molecule has 24 heavy (non-hydrogen) atoms. The van der Waals surface area contributed by atoms with Gasteiger partial charge in [0.05, 0.1) is 11.8 Å². The van der Waals surface area contributed by atoms with Crippen LogP contribution in [0.3, 0.4) is 0 Å². The average Bonchev–Trinajstić information content (AvgIpc) is 3.20. The number of carbonyl (C=O) groups excluding carboxylic acids is 3. The summed E-state index contributed by atoms with van der Waals surface area (Å²) < 4.78 is 0. The van der Waals surface area contributed by atoms with Crippen LogP contribution in [-0.2, 0) is 14.4 Å². The molecule has 124 valence electrons. The molecule has 2 bridgehead atoms. The van der Waals surface area contributed by atoms with Crippen LogP contribution in [0.1, 0.15) is 13.3 Å². The number of likely N-dealkylation sites (tertiary alicyclic amines) is 1. The minimum Gasteiger partial charge on any atom is -0.294 e. The summed E-state index contributed by atoms with van der Waals surface area (Å²) in [5.41, 5.74) is 0.578. The van der Waals surface area contributed by atoms with Crippen molar-refractivity contribution in [3.05, 3.63) is 41.4 Å². The molecule has 0 aromatic heterocycles. The number of allylic oxidation sites excluding steroid dienone is 2.